The molecule has 1 amide bonds. The summed E-state index contributed by atoms with van der Waals surface area (Å²) in [4.78, 5) is 20.1. The van der Waals surface area contributed by atoms with Crippen LogP contribution in [0.4, 0.5) is 0 Å². The lowest BCUT2D eigenvalue weighted by Crippen LogP contribution is -2.53. The van der Waals surface area contributed by atoms with E-state index in [1.807, 2.05) is 7.05 Å². The molecule has 1 N–H and O–H groups in total. The van der Waals surface area contributed by atoms with Gasteiger partial charge in [-0.3, -0.25) is 9.79 Å². The van der Waals surface area contributed by atoms with Gasteiger partial charge in [0.15, 0.2) is 5.96 Å². The molecule has 134 valence electrons. The van der Waals surface area contributed by atoms with E-state index in [4.69, 9.17) is 0 Å². The van der Waals surface area contributed by atoms with Gasteiger partial charge in [-0.25, -0.2) is 0 Å². The molecule has 1 aliphatic heterocycles. The molecule has 1 heterocycles. The Morgan fingerprint density at radius 2 is 2.00 bits per heavy atom. The van der Waals surface area contributed by atoms with Gasteiger partial charge in [0.2, 0.25) is 5.91 Å². The first-order chi connectivity index (χ1) is 10.6. The average Bonchev–Trinajstić information content (AvgIpc) is 2.52. The monoisotopic (exact) mass is 454 g/mol. The fourth-order valence-electron chi connectivity index (χ4n) is 3.36. The van der Waals surface area contributed by atoms with Crippen molar-refractivity contribution in [3.8, 4) is 0 Å². The molecule has 0 radical (unpaired) electrons. The lowest BCUT2D eigenvalue weighted by molar-refractivity contribution is -0.128. The predicted molar refractivity (Wildman–Crippen MR) is 110 cm³/mol. The van der Waals surface area contributed by atoms with Gasteiger partial charge in [-0.2, -0.15) is 11.8 Å². The summed E-state index contributed by atoms with van der Waals surface area (Å²) in [6.07, 6.45) is 7.31. The van der Waals surface area contributed by atoms with Crippen LogP contribution in [0.5, 0.6) is 0 Å². The van der Waals surface area contributed by atoms with Crippen molar-refractivity contribution >= 4 is 47.6 Å². The van der Waals surface area contributed by atoms with Crippen LogP contribution in [0.1, 0.15) is 38.5 Å². The summed E-state index contributed by atoms with van der Waals surface area (Å²) < 4.78 is 0.438. The van der Waals surface area contributed by atoms with Crippen LogP contribution in [0.3, 0.4) is 0 Å². The highest BCUT2D eigenvalue weighted by molar-refractivity contribution is 14.0. The van der Waals surface area contributed by atoms with Crippen molar-refractivity contribution < 1.29 is 4.79 Å². The van der Waals surface area contributed by atoms with Gasteiger partial charge < -0.3 is 15.1 Å². The van der Waals surface area contributed by atoms with Gasteiger partial charge in [0, 0.05) is 57.7 Å². The second-order valence-corrected chi connectivity index (χ2v) is 8.09. The molecular weight excluding hydrogens is 423 g/mol. The molecule has 0 unspecified atom stereocenters. The van der Waals surface area contributed by atoms with Crippen LogP contribution in [0.2, 0.25) is 0 Å². The van der Waals surface area contributed by atoms with Crippen molar-refractivity contribution in [2.75, 3.05) is 46.5 Å². The molecule has 5 nitrogen and oxygen atoms in total. The maximum Gasteiger partial charge on any atom is 0.223 e. The second-order valence-electron chi connectivity index (χ2n) is 6.53. The normalized spacial score (nSPS) is 20.8. The highest BCUT2D eigenvalue weighted by atomic mass is 127. The maximum atomic E-state index is 11.7. The van der Waals surface area contributed by atoms with E-state index < -0.39 is 0 Å². The van der Waals surface area contributed by atoms with E-state index in [2.05, 4.69) is 27.0 Å². The van der Waals surface area contributed by atoms with Gasteiger partial charge in [-0.15, -0.1) is 24.0 Å². The van der Waals surface area contributed by atoms with Gasteiger partial charge in [0.25, 0.3) is 0 Å². The van der Waals surface area contributed by atoms with Crippen LogP contribution in [0, 0.1) is 0 Å². The predicted octanol–water partition coefficient (Wildman–Crippen LogP) is 2.41. The van der Waals surface area contributed by atoms with Crippen molar-refractivity contribution in [3.63, 3.8) is 0 Å². The Balaban J connectivity index is 0.00000264. The van der Waals surface area contributed by atoms with Crippen LogP contribution in [-0.2, 0) is 4.79 Å². The Labute approximate surface area is 162 Å². The zero-order chi connectivity index (χ0) is 16.0. The third kappa shape index (κ3) is 5.99. The van der Waals surface area contributed by atoms with Gasteiger partial charge in [-0.1, -0.05) is 19.3 Å². The molecule has 23 heavy (non-hydrogen) atoms. The Morgan fingerprint density at radius 1 is 1.30 bits per heavy atom. The summed E-state index contributed by atoms with van der Waals surface area (Å²) in [5.74, 6) is 2.29. The number of rotatable bonds is 3. The molecule has 7 heteroatoms. The first kappa shape index (κ1) is 20.9. The Hall–Kier alpha value is -0.180. The minimum absolute atomic E-state index is 0. The standard InChI is InChI=1S/C16H30N4OS.HI/c1-17-15(18-10-7-14(21)19(2)3)20-11-12-22-16(13-20)8-5-4-6-9-16;/h4-13H2,1-3H3,(H,17,18);1H. The number of halogens is 1. The van der Waals surface area contributed by atoms with Crippen LogP contribution >= 0.6 is 35.7 Å². The van der Waals surface area contributed by atoms with E-state index >= 15 is 0 Å². The summed E-state index contributed by atoms with van der Waals surface area (Å²) >= 11 is 2.17. The van der Waals surface area contributed by atoms with E-state index in [1.54, 1.807) is 19.0 Å². The number of aliphatic imine (C=N–C) groups is 1. The number of hydrogen-bond donors (Lipinski definition) is 1. The number of guanidine groups is 1. The van der Waals surface area contributed by atoms with Crippen LogP contribution in [-0.4, -0.2) is 72.9 Å². The fourth-order valence-corrected chi connectivity index (χ4v) is 4.93. The van der Waals surface area contributed by atoms with E-state index in [9.17, 15) is 4.79 Å². The first-order valence-corrected chi connectivity index (χ1v) is 9.35. The molecule has 1 saturated heterocycles. The Bertz CT molecular complexity index is 405. The molecule has 0 aromatic heterocycles. The minimum Gasteiger partial charge on any atom is -0.356 e. The van der Waals surface area contributed by atoms with E-state index in [1.165, 1.54) is 37.9 Å². The molecule has 1 spiro atoms. The first-order valence-electron chi connectivity index (χ1n) is 8.36. The second kappa shape index (κ2) is 9.96. The summed E-state index contributed by atoms with van der Waals surface area (Å²) in [6, 6.07) is 0. The van der Waals surface area contributed by atoms with Crippen molar-refractivity contribution in [2.45, 2.75) is 43.3 Å². The molecule has 2 rings (SSSR count). The maximum absolute atomic E-state index is 11.7. The van der Waals surface area contributed by atoms with Crippen molar-refractivity contribution in [3.05, 3.63) is 0 Å². The van der Waals surface area contributed by atoms with Gasteiger partial charge in [0.1, 0.15) is 0 Å². The summed E-state index contributed by atoms with van der Waals surface area (Å²) in [5, 5.41) is 3.37. The zero-order valence-electron chi connectivity index (χ0n) is 14.6. The number of carbonyl (C=O) groups excluding carboxylic acids is 1. The van der Waals surface area contributed by atoms with Crippen molar-refractivity contribution in [1.82, 2.24) is 15.1 Å². The van der Waals surface area contributed by atoms with E-state index in [0.29, 0.717) is 17.7 Å². The number of amides is 1. The molecule has 1 saturated carbocycles. The summed E-state index contributed by atoms with van der Waals surface area (Å²) in [5.41, 5.74) is 0. The lowest BCUT2D eigenvalue weighted by Gasteiger charge is -2.45. The molecule has 1 aliphatic carbocycles. The van der Waals surface area contributed by atoms with Crippen LogP contribution in [0.25, 0.3) is 0 Å². The highest BCUT2D eigenvalue weighted by Gasteiger charge is 2.38. The molecule has 0 atom stereocenters. The van der Waals surface area contributed by atoms with Crippen LogP contribution in [0.15, 0.2) is 4.99 Å². The van der Waals surface area contributed by atoms with E-state index in [-0.39, 0.29) is 29.9 Å². The largest absolute Gasteiger partial charge is 0.356 e. The van der Waals surface area contributed by atoms with E-state index in [0.717, 1.165) is 19.0 Å². The van der Waals surface area contributed by atoms with Gasteiger partial charge in [0.05, 0.1) is 0 Å². The number of carbonyl (C=O) groups is 1. The topological polar surface area (TPSA) is 47.9 Å². The molecule has 2 fully saturated rings. The number of hydrogen-bond acceptors (Lipinski definition) is 3. The lowest BCUT2D eigenvalue weighted by atomic mass is 9.87. The Kier molecular flexibility index (Phi) is 9.03. The number of nitrogens with zero attached hydrogens (tertiary/aromatic N) is 3. The molecule has 0 aromatic rings. The van der Waals surface area contributed by atoms with Gasteiger partial charge in [-0.05, 0) is 12.8 Å². The molecular formula is C16H31IN4OS. The minimum atomic E-state index is 0. The third-order valence-electron chi connectivity index (χ3n) is 4.65. The number of nitrogens with one attached hydrogen (secondary N) is 1. The molecule has 0 aromatic carbocycles. The van der Waals surface area contributed by atoms with Crippen molar-refractivity contribution in [2.24, 2.45) is 4.99 Å². The Morgan fingerprint density at radius 3 is 2.61 bits per heavy atom. The summed E-state index contributed by atoms with van der Waals surface area (Å²) in [7, 11) is 5.43. The molecule has 0 bridgehead atoms. The summed E-state index contributed by atoms with van der Waals surface area (Å²) in [6.45, 7) is 2.80. The fraction of sp³-hybridized carbons (Fsp3) is 0.875. The van der Waals surface area contributed by atoms with Crippen molar-refractivity contribution in [1.29, 1.82) is 0 Å². The third-order valence-corrected chi connectivity index (χ3v) is 6.18. The SMILES string of the molecule is CN=C(NCCC(=O)N(C)C)N1CCSC2(CCCCC2)C1.I. The smallest absolute Gasteiger partial charge is 0.223 e. The zero-order valence-corrected chi connectivity index (χ0v) is 17.8. The molecule has 2 aliphatic rings. The number of thioether (sulfide) groups is 1. The highest BCUT2D eigenvalue weighted by Crippen LogP contribution is 2.42. The quantitative estimate of drug-likeness (QED) is 0.404. The van der Waals surface area contributed by atoms with Crippen LogP contribution < -0.4 is 5.32 Å². The van der Waals surface area contributed by atoms with Gasteiger partial charge >= 0.3 is 0 Å². The average molecular weight is 454 g/mol.